The van der Waals surface area contributed by atoms with Crippen LogP contribution in [0.5, 0.6) is 0 Å². The fourth-order valence-electron chi connectivity index (χ4n) is 3.29. The number of urea groups is 1. The number of ether oxygens (including phenoxy) is 1. The van der Waals surface area contributed by atoms with Crippen LogP contribution in [0.4, 0.5) is 29.3 Å². The Kier molecular flexibility index (Phi) is 6.93. The van der Waals surface area contributed by atoms with E-state index in [1.807, 2.05) is 4.90 Å². The lowest BCUT2D eigenvalue weighted by Gasteiger charge is -2.30. The van der Waals surface area contributed by atoms with E-state index in [1.54, 1.807) is 38.1 Å². The van der Waals surface area contributed by atoms with Crippen molar-refractivity contribution in [1.82, 2.24) is 5.32 Å². The van der Waals surface area contributed by atoms with Gasteiger partial charge in [0.15, 0.2) is 0 Å². The molecule has 31 heavy (non-hydrogen) atoms. The number of morpholine rings is 1. The summed E-state index contributed by atoms with van der Waals surface area (Å²) in [5.74, 6) is 0. The van der Waals surface area contributed by atoms with Crippen molar-refractivity contribution in [3.05, 3.63) is 57.6 Å². The molecule has 2 N–H and O–H groups in total. The van der Waals surface area contributed by atoms with E-state index in [-0.39, 0.29) is 5.69 Å². The highest BCUT2D eigenvalue weighted by Crippen LogP contribution is 2.37. The fourth-order valence-corrected chi connectivity index (χ4v) is 3.59. The van der Waals surface area contributed by atoms with Crippen LogP contribution in [0.15, 0.2) is 36.4 Å². The maximum atomic E-state index is 13.7. The number of benzene rings is 2. The van der Waals surface area contributed by atoms with Crippen LogP contribution in [0.3, 0.4) is 0 Å². The minimum Gasteiger partial charge on any atom is -0.378 e. The van der Waals surface area contributed by atoms with Crippen LogP contribution in [-0.4, -0.2) is 32.3 Å². The number of alkyl halides is 3. The van der Waals surface area contributed by atoms with E-state index >= 15 is 0 Å². The number of nitrogens with one attached hydrogen (secondary N) is 2. The van der Waals surface area contributed by atoms with Crippen LogP contribution in [0.25, 0.3) is 0 Å². The molecule has 0 unspecified atom stereocenters. The molecule has 0 aromatic heterocycles. The Labute approximate surface area is 188 Å². The number of anilines is 2. The van der Waals surface area contributed by atoms with Crippen molar-refractivity contribution < 1.29 is 22.7 Å². The highest BCUT2D eigenvalue weighted by Gasteiger charge is 2.35. The summed E-state index contributed by atoms with van der Waals surface area (Å²) in [5, 5.41) is 5.68. The maximum absolute atomic E-state index is 13.7. The molecule has 0 bridgehead atoms. The smallest absolute Gasteiger partial charge is 0.378 e. The molecule has 0 spiro atoms. The van der Waals surface area contributed by atoms with Gasteiger partial charge >= 0.3 is 12.2 Å². The van der Waals surface area contributed by atoms with E-state index in [0.29, 0.717) is 47.6 Å². The highest BCUT2D eigenvalue weighted by atomic mass is 35.5. The first-order valence-corrected chi connectivity index (χ1v) is 10.3. The summed E-state index contributed by atoms with van der Waals surface area (Å²) in [6.07, 6.45) is -4.63. The Morgan fingerprint density at radius 1 is 1.03 bits per heavy atom. The molecule has 1 aliphatic rings. The SMILES string of the molecule is CC(C)(NC(=O)Nc1ccc(N2CCOCC2)cc1C(F)(F)F)c1ccc(Cl)c(Cl)c1. The average molecular weight is 476 g/mol. The quantitative estimate of drug-likeness (QED) is 0.578. The number of nitrogens with zero attached hydrogens (tertiary/aromatic N) is 1. The van der Waals surface area contributed by atoms with Crippen molar-refractivity contribution in [3.63, 3.8) is 0 Å². The van der Waals surface area contributed by atoms with Crippen molar-refractivity contribution in [3.8, 4) is 0 Å². The summed E-state index contributed by atoms with van der Waals surface area (Å²) < 4.78 is 46.3. The van der Waals surface area contributed by atoms with Crippen LogP contribution in [0.1, 0.15) is 25.0 Å². The Hall–Kier alpha value is -2.16. The summed E-state index contributed by atoms with van der Waals surface area (Å²) in [5.41, 5.74) is -1.08. The fraction of sp³-hybridized carbons (Fsp3) is 0.381. The van der Waals surface area contributed by atoms with E-state index in [4.69, 9.17) is 27.9 Å². The number of hydrogen-bond acceptors (Lipinski definition) is 3. The van der Waals surface area contributed by atoms with Gasteiger partial charge in [-0.3, -0.25) is 0 Å². The molecule has 10 heteroatoms. The first-order valence-electron chi connectivity index (χ1n) is 9.56. The molecule has 1 heterocycles. The number of carbonyl (C=O) groups excluding carboxylic acids is 1. The van der Waals surface area contributed by atoms with E-state index < -0.39 is 23.3 Å². The predicted octanol–water partition coefficient (Wildman–Crippen LogP) is 5.91. The third kappa shape index (κ3) is 5.75. The monoisotopic (exact) mass is 475 g/mol. The molecule has 2 aromatic rings. The van der Waals surface area contributed by atoms with E-state index in [0.717, 1.165) is 6.07 Å². The van der Waals surface area contributed by atoms with Crippen molar-refractivity contribution in [2.24, 2.45) is 0 Å². The standard InChI is InChI=1S/C21H22Cl2F3N3O2/c1-20(2,13-3-5-16(22)17(23)11-13)28-19(30)27-18-6-4-14(12-15(18)21(24,25)26)29-7-9-31-10-8-29/h3-6,11-12H,7-10H2,1-2H3,(H2,27,28,30). The Bertz CT molecular complexity index is 961. The zero-order chi connectivity index (χ0) is 22.8. The minimum atomic E-state index is -4.63. The van der Waals surface area contributed by atoms with Crippen LogP contribution in [-0.2, 0) is 16.5 Å². The molecular formula is C21H22Cl2F3N3O2. The molecule has 0 aliphatic carbocycles. The molecule has 168 valence electrons. The third-order valence-electron chi connectivity index (χ3n) is 5.00. The van der Waals surface area contributed by atoms with E-state index in [9.17, 15) is 18.0 Å². The lowest BCUT2D eigenvalue weighted by atomic mass is 9.94. The summed E-state index contributed by atoms with van der Waals surface area (Å²) in [6, 6.07) is 7.97. The number of rotatable bonds is 4. The first-order chi connectivity index (χ1) is 14.5. The largest absolute Gasteiger partial charge is 0.418 e. The zero-order valence-corrected chi connectivity index (χ0v) is 18.5. The van der Waals surface area contributed by atoms with Crippen molar-refractivity contribution in [1.29, 1.82) is 0 Å². The number of amides is 2. The van der Waals surface area contributed by atoms with Crippen molar-refractivity contribution >= 4 is 40.6 Å². The predicted molar refractivity (Wildman–Crippen MR) is 116 cm³/mol. The molecule has 1 saturated heterocycles. The number of carbonyl (C=O) groups is 1. The highest BCUT2D eigenvalue weighted by molar-refractivity contribution is 6.42. The van der Waals surface area contributed by atoms with E-state index in [1.165, 1.54) is 6.07 Å². The molecule has 0 atom stereocenters. The van der Waals surface area contributed by atoms with Gasteiger partial charge in [-0.2, -0.15) is 13.2 Å². The topological polar surface area (TPSA) is 53.6 Å². The van der Waals surface area contributed by atoms with Crippen LogP contribution in [0, 0.1) is 0 Å². The van der Waals surface area contributed by atoms with Crippen LogP contribution in [0.2, 0.25) is 10.0 Å². The molecule has 2 amide bonds. The van der Waals surface area contributed by atoms with E-state index in [2.05, 4.69) is 10.6 Å². The van der Waals surface area contributed by atoms with Gasteiger partial charge < -0.3 is 20.3 Å². The molecule has 0 radical (unpaired) electrons. The Morgan fingerprint density at radius 3 is 2.32 bits per heavy atom. The van der Waals surface area contributed by atoms with Crippen LogP contribution >= 0.6 is 23.2 Å². The third-order valence-corrected chi connectivity index (χ3v) is 5.74. The lowest BCUT2D eigenvalue weighted by molar-refractivity contribution is -0.136. The molecule has 1 aliphatic heterocycles. The van der Waals surface area contributed by atoms with Gasteiger partial charge in [0.1, 0.15) is 0 Å². The zero-order valence-electron chi connectivity index (χ0n) is 16.9. The molecular weight excluding hydrogens is 454 g/mol. The summed E-state index contributed by atoms with van der Waals surface area (Å²) in [7, 11) is 0. The summed E-state index contributed by atoms with van der Waals surface area (Å²) >= 11 is 12.0. The lowest BCUT2D eigenvalue weighted by Crippen LogP contribution is -2.43. The molecule has 3 rings (SSSR count). The van der Waals surface area contributed by atoms with Crippen molar-refractivity contribution in [2.75, 3.05) is 36.5 Å². The van der Waals surface area contributed by atoms with Gasteiger partial charge in [0.25, 0.3) is 0 Å². The Morgan fingerprint density at radius 2 is 1.71 bits per heavy atom. The summed E-state index contributed by atoms with van der Waals surface area (Å²) in [4.78, 5) is 14.4. The maximum Gasteiger partial charge on any atom is 0.418 e. The molecule has 1 fully saturated rings. The normalized spacial score (nSPS) is 15.0. The van der Waals surface area contributed by atoms with Gasteiger partial charge in [-0.25, -0.2) is 4.79 Å². The Balaban J connectivity index is 1.80. The molecule has 2 aromatic carbocycles. The second kappa shape index (κ2) is 9.14. The number of halogens is 5. The van der Waals surface area contributed by atoms with Gasteiger partial charge in [-0.05, 0) is 49.7 Å². The first kappa shape index (κ1) is 23.5. The molecule has 0 saturated carbocycles. The summed E-state index contributed by atoms with van der Waals surface area (Å²) in [6.45, 7) is 5.32. The second-order valence-electron chi connectivity index (χ2n) is 7.66. The second-order valence-corrected chi connectivity index (χ2v) is 8.47. The van der Waals surface area contributed by atoms with Gasteiger partial charge in [-0.1, -0.05) is 29.3 Å². The van der Waals surface area contributed by atoms with Gasteiger partial charge in [0, 0.05) is 18.8 Å². The molecule has 5 nitrogen and oxygen atoms in total. The van der Waals surface area contributed by atoms with Gasteiger partial charge in [-0.15, -0.1) is 0 Å². The van der Waals surface area contributed by atoms with Crippen LogP contribution < -0.4 is 15.5 Å². The van der Waals surface area contributed by atoms with Crippen molar-refractivity contribution in [2.45, 2.75) is 25.6 Å². The number of hydrogen-bond donors (Lipinski definition) is 2. The van der Waals surface area contributed by atoms with Gasteiger partial charge in [0.2, 0.25) is 0 Å². The van der Waals surface area contributed by atoms with Gasteiger partial charge in [0.05, 0.1) is 40.0 Å². The minimum absolute atomic E-state index is 0.313. The average Bonchev–Trinajstić information content (AvgIpc) is 2.69.